The molecule has 9 heteroatoms. The summed E-state index contributed by atoms with van der Waals surface area (Å²) in [6, 6.07) is 17.6. The fourth-order valence-electron chi connectivity index (χ4n) is 5.26. The molecule has 0 heterocycles. The fraction of sp³-hybridized carbons (Fsp3) is 0.161. The Morgan fingerprint density at radius 1 is 0.600 bits per heavy atom. The number of rotatable bonds is 4. The predicted octanol–water partition coefficient (Wildman–Crippen LogP) is 7.26. The van der Waals surface area contributed by atoms with Crippen molar-refractivity contribution < 1.29 is 35.4 Å². The van der Waals surface area contributed by atoms with Gasteiger partial charge >= 0.3 is 15.6 Å². The summed E-state index contributed by atoms with van der Waals surface area (Å²) < 4.78 is 70.0. The van der Waals surface area contributed by atoms with Crippen LogP contribution in [0.5, 0.6) is 5.75 Å². The molecular formula is C31H23F3O5S. The number of carbonyl (C=O) groups excluding carboxylic acids is 2. The normalized spacial score (nSPS) is 13.2. The zero-order chi connectivity index (χ0) is 29.1. The van der Waals surface area contributed by atoms with Gasteiger partial charge in [0.2, 0.25) is 0 Å². The summed E-state index contributed by atoms with van der Waals surface area (Å²) in [5, 5.41) is 0. The summed E-state index contributed by atoms with van der Waals surface area (Å²) >= 11 is 0. The van der Waals surface area contributed by atoms with E-state index in [0.29, 0.717) is 16.7 Å². The number of halogens is 3. The Bertz CT molecular complexity index is 1810. The van der Waals surface area contributed by atoms with Crippen LogP contribution in [0, 0.1) is 27.7 Å². The summed E-state index contributed by atoms with van der Waals surface area (Å²) in [5.74, 6) is -1.83. The molecule has 0 aliphatic heterocycles. The lowest BCUT2D eigenvalue weighted by Crippen LogP contribution is -2.29. The Balaban J connectivity index is 1.98. The van der Waals surface area contributed by atoms with E-state index < -0.39 is 32.9 Å². The van der Waals surface area contributed by atoms with Crippen LogP contribution in [0.4, 0.5) is 13.2 Å². The number of hydrogen-bond acceptors (Lipinski definition) is 5. The minimum absolute atomic E-state index is 0.0281. The number of benzene rings is 4. The van der Waals surface area contributed by atoms with Crippen LogP contribution in [0.3, 0.4) is 0 Å². The molecule has 0 aromatic heterocycles. The topological polar surface area (TPSA) is 77.5 Å². The molecule has 40 heavy (non-hydrogen) atoms. The van der Waals surface area contributed by atoms with Gasteiger partial charge in [-0.05, 0) is 50.5 Å². The van der Waals surface area contributed by atoms with Gasteiger partial charge in [0, 0.05) is 27.8 Å². The zero-order valence-corrected chi connectivity index (χ0v) is 22.8. The van der Waals surface area contributed by atoms with Gasteiger partial charge in [-0.15, -0.1) is 0 Å². The Labute approximate surface area is 229 Å². The lowest BCUT2D eigenvalue weighted by molar-refractivity contribution is -0.0499. The predicted molar refractivity (Wildman–Crippen MR) is 145 cm³/mol. The van der Waals surface area contributed by atoms with Crippen LogP contribution < -0.4 is 4.18 Å². The van der Waals surface area contributed by atoms with Crippen molar-refractivity contribution >= 4 is 21.7 Å². The third-order valence-electron chi connectivity index (χ3n) is 6.69. The number of carbonyl (C=O) groups is 2. The highest BCUT2D eigenvalue weighted by Crippen LogP contribution is 2.47. The molecule has 0 amide bonds. The van der Waals surface area contributed by atoms with E-state index >= 15 is 0 Å². The van der Waals surface area contributed by atoms with Crippen molar-refractivity contribution in [2.75, 3.05) is 0 Å². The summed E-state index contributed by atoms with van der Waals surface area (Å²) in [6.07, 6.45) is 0. The average Bonchev–Trinajstić information content (AvgIpc) is 2.84. The smallest absolute Gasteiger partial charge is 0.375 e. The van der Waals surface area contributed by atoms with Crippen LogP contribution in [0.15, 0.2) is 66.7 Å². The highest BCUT2D eigenvalue weighted by Gasteiger charge is 2.49. The summed E-state index contributed by atoms with van der Waals surface area (Å²) in [6.45, 7) is 7.12. The number of aryl methyl sites for hydroxylation is 4. The maximum absolute atomic E-state index is 14.1. The SMILES string of the molecule is Cc1cc(C)cc(-c2cc(OS(=O)(=O)C(F)(F)F)c(-c3cc(C)cc(C)c3)c3c2C(=O)c2ccccc2C3=O)c1. The van der Waals surface area contributed by atoms with E-state index in [1.54, 1.807) is 64.1 Å². The summed E-state index contributed by atoms with van der Waals surface area (Å²) in [5.41, 5.74) is -2.18. The molecule has 0 N–H and O–H groups in total. The molecule has 0 spiro atoms. The molecule has 0 bridgehead atoms. The molecule has 0 radical (unpaired) electrons. The third-order valence-corrected chi connectivity index (χ3v) is 7.65. The number of fused-ring (bicyclic) bond motifs is 2. The van der Waals surface area contributed by atoms with Crippen molar-refractivity contribution in [3.63, 3.8) is 0 Å². The van der Waals surface area contributed by atoms with E-state index in [-0.39, 0.29) is 38.9 Å². The van der Waals surface area contributed by atoms with Crippen molar-refractivity contribution in [3.05, 3.63) is 111 Å². The Kier molecular flexibility index (Phi) is 6.45. The van der Waals surface area contributed by atoms with Gasteiger partial charge in [-0.2, -0.15) is 21.6 Å². The molecule has 0 fully saturated rings. The van der Waals surface area contributed by atoms with Gasteiger partial charge in [0.15, 0.2) is 17.3 Å². The third kappa shape index (κ3) is 4.60. The van der Waals surface area contributed by atoms with Gasteiger partial charge in [-0.3, -0.25) is 9.59 Å². The quantitative estimate of drug-likeness (QED) is 0.170. The van der Waals surface area contributed by atoms with E-state index in [4.69, 9.17) is 4.18 Å². The Hall–Kier alpha value is -4.24. The zero-order valence-electron chi connectivity index (χ0n) is 21.9. The first-order valence-corrected chi connectivity index (χ1v) is 13.7. The van der Waals surface area contributed by atoms with Crippen LogP contribution in [-0.4, -0.2) is 25.5 Å². The summed E-state index contributed by atoms with van der Waals surface area (Å²) in [4.78, 5) is 28.1. The van der Waals surface area contributed by atoms with E-state index in [2.05, 4.69) is 0 Å². The van der Waals surface area contributed by atoms with E-state index in [0.717, 1.165) is 17.2 Å². The number of ketones is 2. The van der Waals surface area contributed by atoms with Crippen LogP contribution in [0.2, 0.25) is 0 Å². The lowest BCUT2D eigenvalue weighted by Gasteiger charge is -2.26. The highest BCUT2D eigenvalue weighted by atomic mass is 32.2. The first-order chi connectivity index (χ1) is 18.7. The molecule has 0 saturated carbocycles. The molecule has 1 aliphatic rings. The van der Waals surface area contributed by atoms with Crippen LogP contribution in [0.1, 0.15) is 54.1 Å². The van der Waals surface area contributed by atoms with Crippen LogP contribution in [-0.2, 0) is 10.1 Å². The number of hydrogen-bond donors (Lipinski definition) is 0. The summed E-state index contributed by atoms with van der Waals surface area (Å²) in [7, 11) is -6.13. The van der Waals surface area contributed by atoms with Crippen molar-refractivity contribution in [2.45, 2.75) is 33.2 Å². The molecular weight excluding hydrogens is 541 g/mol. The molecule has 4 aromatic carbocycles. The fourth-order valence-corrected chi connectivity index (χ4v) is 5.73. The molecule has 5 nitrogen and oxygen atoms in total. The standard InChI is InChI=1S/C31H23F3O5S/c1-16-9-17(2)12-20(11-16)24-15-25(39-40(37,38)31(32,33)34)26(21-13-18(3)10-19(4)14-21)28-27(24)29(35)22-7-5-6-8-23(22)30(28)36/h5-15H,1-4H3. The molecule has 0 atom stereocenters. The molecule has 0 saturated heterocycles. The maximum atomic E-state index is 14.1. The molecule has 0 unspecified atom stereocenters. The largest absolute Gasteiger partial charge is 0.534 e. The van der Waals surface area contributed by atoms with Crippen LogP contribution >= 0.6 is 0 Å². The van der Waals surface area contributed by atoms with Gasteiger partial charge < -0.3 is 4.18 Å². The van der Waals surface area contributed by atoms with Crippen molar-refractivity contribution in [3.8, 4) is 28.0 Å². The maximum Gasteiger partial charge on any atom is 0.534 e. The average molecular weight is 565 g/mol. The number of alkyl halides is 3. The van der Waals surface area contributed by atoms with Gasteiger partial charge in [-0.25, -0.2) is 0 Å². The van der Waals surface area contributed by atoms with Gasteiger partial charge in [-0.1, -0.05) is 82.9 Å². The molecule has 4 aromatic rings. The van der Waals surface area contributed by atoms with E-state index in [1.807, 2.05) is 12.1 Å². The second kappa shape index (κ2) is 9.45. The van der Waals surface area contributed by atoms with E-state index in [9.17, 15) is 31.2 Å². The monoisotopic (exact) mass is 564 g/mol. The second-order valence-corrected chi connectivity index (χ2v) is 11.5. The van der Waals surface area contributed by atoms with E-state index in [1.165, 1.54) is 12.1 Å². The van der Waals surface area contributed by atoms with Crippen molar-refractivity contribution in [1.82, 2.24) is 0 Å². The molecule has 1 aliphatic carbocycles. The van der Waals surface area contributed by atoms with Crippen molar-refractivity contribution in [1.29, 1.82) is 0 Å². The lowest BCUT2D eigenvalue weighted by atomic mass is 9.76. The minimum Gasteiger partial charge on any atom is -0.375 e. The van der Waals surface area contributed by atoms with Gasteiger partial charge in [0.25, 0.3) is 0 Å². The molecule has 204 valence electrons. The Morgan fingerprint density at radius 2 is 1.05 bits per heavy atom. The second-order valence-electron chi connectivity index (χ2n) is 9.99. The van der Waals surface area contributed by atoms with Crippen LogP contribution in [0.25, 0.3) is 22.3 Å². The minimum atomic E-state index is -6.13. The van der Waals surface area contributed by atoms with Crippen molar-refractivity contribution in [2.24, 2.45) is 0 Å². The van der Waals surface area contributed by atoms with Gasteiger partial charge in [0.05, 0.1) is 0 Å². The first-order valence-electron chi connectivity index (χ1n) is 12.3. The van der Waals surface area contributed by atoms with Gasteiger partial charge in [0.1, 0.15) is 0 Å². The first kappa shape index (κ1) is 27.3. The Morgan fingerprint density at radius 3 is 1.52 bits per heavy atom. The molecule has 5 rings (SSSR count). The highest BCUT2D eigenvalue weighted by molar-refractivity contribution is 7.88.